The Hall–Kier alpha value is -0.840. The average molecular weight is 311 g/mol. The third kappa shape index (κ3) is 3.66. The molecular formula is C7H5BrClN3O2S. The van der Waals surface area contributed by atoms with E-state index in [4.69, 9.17) is 16.9 Å². The standard InChI is InChI=1S/C7H5BrClN3O2S/c8-7-6(3-5(9)4-11-7)12-15(13,14)2-1-10/h3-4,12H,2H2. The second-order valence-electron chi connectivity index (χ2n) is 2.51. The molecule has 0 aliphatic rings. The summed E-state index contributed by atoms with van der Waals surface area (Å²) in [6.07, 6.45) is 1.37. The maximum absolute atomic E-state index is 11.2. The molecule has 0 spiro atoms. The lowest BCUT2D eigenvalue weighted by Crippen LogP contribution is -2.16. The number of aromatic nitrogens is 1. The van der Waals surface area contributed by atoms with Crippen molar-refractivity contribution in [1.29, 1.82) is 5.26 Å². The summed E-state index contributed by atoms with van der Waals surface area (Å²) in [6, 6.07) is 2.94. The van der Waals surface area contributed by atoms with E-state index in [0.717, 1.165) is 0 Å². The monoisotopic (exact) mass is 309 g/mol. The molecule has 1 aromatic rings. The highest BCUT2D eigenvalue weighted by Crippen LogP contribution is 2.23. The molecule has 0 aliphatic heterocycles. The highest BCUT2D eigenvalue weighted by atomic mass is 79.9. The lowest BCUT2D eigenvalue weighted by Gasteiger charge is -2.06. The van der Waals surface area contributed by atoms with Crippen molar-refractivity contribution < 1.29 is 8.42 Å². The molecule has 0 aromatic carbocycles. The van der Waals surface area contributed by atoms with Crippen molar-refractivity contribution in [1.82, 2.24) is 4.98 Å². The van der Waals surface area contributed by atoms with E-state index in [1.165, 1.54) is 12.3 Å². The normalized spacial score (nSPS) is 10.7. The van der Waals surface area contributed by atoms with Crippen molar-refractivity contribution in [3.05, 3.63) is 21.9 Å². The maximum Gasteiger partial charge on any atom is 0.246 e. The molecule has 1 N–H and O–H groups in total. The van der Waals surface area contributed by atoms with Gasteiger partial charge in [0.2, 0.25) is 10.0 Å². The van der Waals surface area contributed by atoms with Gasteiger partial charge in [-0.25, -0.2) is 13.4 Å². The molecule has 1 rings (SSSR count). The van der Waals surface area contributed by atoms with E-state index in [1.807, 2.05) is 0 Å². The van der Waals surface area contributed by atoms with E-state index < -0.39 is 15.8 Å². The highest BCUT2D eigenvalue weighted by Gasteiger charge is 2.12. The second kappa shape index (κ2) is 4.79. The number of nitrogens with one attached hydrogen (secondary N) is 1. The molecule has 0 atom stereocenters. The van der Waals surface area contributed by atoms with Crippen molar-refractivity contribution in [2.24, 2.45) is 0 Å². The predicted molar refractivity (Wildman–Crippen MR) is 60.0 cm³/mol. The molecule has 0 radical (unpaired) electrons. The van der Waals surface area contributed by atoms with Gasteiger partial charge in [0.1, 0.15) is 4.60 Å². The summed E-state index contributed by atoms with van der Waals surface area (Å²) in [6.45, 7) is 0. The molecule has 0 bridgehead atoms. The Balaban J connectivity index is 3.00. The SMILES string of the molecule is N#CCS(=O)(=O)Nc1cc(Cl)cnc1Br. The smallest absolute Gasteiger partial charge is 0.246 e. The molecule has 8 heteroatoms. The number of hydrogen-bond donors (Lipinski definition) is 1. The molecule has 5 nitrogen and oxygen atoms in total. The van der Waals surface area contributed by atoms with E-state index in [0.29, 0.717) is 9.63 Å². The van der Waals surface area contributed by atoms with Crippen LogP contribution in [0.3, 0.4) is 0 Å². The molecule has 0 amide bonds. The van der Waals surface area contributed by atoms with E-state index in [-0.39, 0.29) is 5.69 Å². The Morgan fingerprint density at radius 2 is 2.33 bits per heavy atom. The van der Waals surface area contributed by atoms with Gasteiger partial charge in [-0.15, -0.1) is 0 Å². The summed E-state index contributed by atoms with van der Waals surface area (Å²) in [7, 11) is -3.66. The van der Waals surface area contributed by atoms with Gasteiger partial charge in [-0.3, -0.25) is 4.72 Å². The number of rotatable bonds is 3. The summed E-state index contributed by atoms with van der Waals surface area (Å²) in [4.78, 5) is 3.80. The van der Waals surface area contributed by atoms with E-state index in [1.54, 1.807) is 6.07 Å². The number of nitriles is 1. The zero-order valence-electron chi connectivity index (χ0n) is 7.24. The summed E-state index contributed by atoms with van der Waals surface area (Å²) in [5.41, 5.74) is 0.206. The van der Waals surface area contributed by atoms with Gasteiger partial charge in [0.05, 0.1) is 16.8 Å². The van der Waals surface area contributed by atoms with Crippen molar-refractivity contribution in [2.45, 2.75) is 0 Å². The molecule has 0 unspecified atom stereocenters. The summed E-state index contributed by atoms with van der Waals surface area (Å²) in [5.74, 6) is -0.619. The van der Waals surface area contributed by atoms with Crippen LogP contribution in [0, 0.1) is 11.3 Å². The minimum absolute atomic E-state index is 0.206. The number of anilines is 1. The van der Waals surface area contributed by atoms with Crippen molar-refractivity contribution >= 4 is 43.2 Å². The molecule has 1 heterocycles. The van der Waals surface area contributed by atoms with E-state index in [9.17, 15) is 8.42 Å². The van der Waals surface area contributed by atoms with Crippen molar-refractivity contribution in [3.8, 4) is 6.07 Å². The number of sulfonamides is 1. The van der Waals surface area contributed by atoms with Gasteiger partial charge >= 0.3 is 0 Å². The molecule has 0 saturated carbocycles. The van der Waals surface area contributed by atoms with Crippen LogP contribution >= 0.6 is 27.5 Å². The Bertz CT molecular complexity index is 511. The first kappa shape index (κ1) is 12.2. The Morgan fingerprint density at radius 1 is 1.67 bits per heavy atom. The Labute approximate surface area is 100 Å². The molecular weight excluding hydrogens is 306 g/mol. The van der Waals surface area contributed by atoms with E-state index in [2.05, 4.69) is 25.6 Å². The molecule has 0 saturated heterocycles. The zero-order chi connectivity index (χ0) is 11.5. The zero-order valence-corrected chi connectivity index (χ0v) is 10.4. The lowest BCUT2D eigenvalue weighted by molar-refractivity contribution is 0.604. The van der Waals surface area contributed by atoms with Gasteiger partial charge in [0.15, 0.2) is 5.75 Å². The van der Waals surface area contributed by atoms with Crippen LogP contribution in [0.4, 0.5) is 5.69 Å². The minimum Gasteiger partial charge on any atom is -0.280 e. The third-order valence-corrected chi connectivity index (χ3v) is 3.20. The van der Waals surface area contributed by atoms with Crippen LogP contribution in [0.5, 0.6) is 0 Å². The topological polar surface area (TPSA) is 82.8 Å². The van der Waals surface area contributed by atoms with Crippen molar-refractivity contribution in [3.63, 3.8) is 0 Å². The van der Waals surface area contributed by atoms with Gasteiger partial charge in [-0.1, -0.05) is 11.6 Å². The average Bonchev–Trinajstić information content (AvgIpc) is 2.10. The van der Waals surface area contributed by atoms with Crippen LogP contribution < -0.4 is 4.72 Å². The van der Waals surface area contributed by atoms with Crippen LogP contribution in [0.2, 0.25) is 5.02 Å². The summed E-state index contributed by atoms with van der Waals surface area (Å²) >= 11 is 8.69. The van der Waals surface area contributed by atoms with Gasteiger partial charge in [0, 0.05) is 6.20 Å². The lowest BCUT2D eigenvalue weighted by atomic mass is 10.4. The van der Waals surface area contributed by atoms with Crippen LogP contribution in [-0.4, -0.2) is 19.2 Å². The number of halogens is 2. The van der Waals surface area contributed by atoms with E-state index >= 15 is 0 Å². The second-order valence-corrected chi connectivity index (χ2v) is 5.42. The fourth-order valence-corrected chi connectivity index (χ4v) is 2.12. The quantitative estimate of drug-likeness (QED) is 0.862. The van der Waals surface area contributed by atoms with Gasteiger partial charge in [-0.05, 0) is 22.0 Å². The van der Waals surface area contributed by atoms with Crippen LogP contribution in [0.1, 0.15) is 0 Å². The first-order valence-electron chi connectivity index (χ1n) is 3.63. The molecule has 80 valence electrons. The third-order valence-electron chi connectivity index (χ3n) is 1.33. The number of nitrogens with zero attached hydrogens (tertiary/aromatic N) is 2. The van der Waals surface area contributed by atoms with Crippen LogP contribution in [0.15, 0.2) is 16.9 Å². The first-order valence-corrected chi connectivity index (χ1v) is 6.45. The molecule has 0 fully saturated rings. The molecule has 0 aliphatic carbocycles. The molecule has 1 aromatic heterocycles. The number of pyridine rings is 1. The van der Waals surface area contributed by atoms with Gasteiger partial charge in [0.25, 0.3) is 0 Å². The number of hydrogen-bond acceptors (Lipinski definition) is 4. The van der Waals surface area contributed by atoms with Gasteiger partial charge < -0.3 is 0 Å². The fraction of sp³-hybridized carbons (Fsp3) is 0.143. The Morgan fingerprint density at radius 3 is 2.93 bits per heavy atom. The van der Waals surface area contributed by atoms with Crippen molar-refractivity contribution in [2.75, 3.05) is 10.5 Å². The van der Waals surface area contributed by atoms with Crippen LogP contribution in [0.25, 0.3) is 0 Å². The van der Waals surface area contributed by atoms with Crippen LogP contribution in [-0.2, 0) is 10.0 Å². The first-order chi connectivity index (χ1) is 6.94. The Kier molecular flexibility index (Phi) is 3.90. The highest BCUT2D eigenvalue weighted by molar-refractivity contribution is 9.10. The maximum atomic E-state index is 11.2. The largest absolute Gasteiger partial charge is 0.280 e. The fourth-order valence-electron chi connectivity index (χ4n) is 0.783. The minimum atomic E-state index is -3.66. The summed E-state index contributed by atoms with van der Waals surface area (Å²) in [5, 5.41) is 8.58. The predicted octanol–water partition coefficient (Wildman–Crippen LogP) is 1.76. The summed E-state index contributed by atoms with van der Waals surface area (Å²) < 4.78 is 25.0. The van der Waals surface area contributed by atoms with Gasteiger partial charge in [-0.2, -0.15) is 5.26 Å². The molecule has 15 heavy (non-hydrogen) atoms.